The van der Waals surface area contributed by atoms with Gasteiger partial charge >= 0.3 is 0 Å². The molecule has 3 nitrogen and oxygen atoms in total. The molecule has 0 aliphatic rings. The number of hydrogen-bond donors (Lipinski definition) is 3. The Balaban J connectivity index is 3.30. The molecule has 0 fully saturated rings. The monoisotopic (exact) mass is 181 g/mol. The van der Waals surface area contributed by atoms with E-state index < -0.39 is 8.99 Å². The van der Waals surface area contributed by atoms with Crippen LogP contribution in [0.15, 0.2) is 0 Å². The molecule has 0 spiro atoms. The second kappa shape index (κ2) is 7.49. The van der Waals surface area contributed by atoms with Crippen molar-refractivity contribution in [3.8, 4) is 0 Å². The first-order valence-corrected chi connectivity index (χ1v) is 6.45. The van der Waals surface area contributed by atoms with E-state index in [4.69, 9.17) is 11.1 Å². The molecule has 0 saturated heterocycles. The zero-order valence-electron chi connectivity index (χ0n) is 6.58. The molecule has 0 aliphatic heterocycles. The fraction of sp³-hybridized carbons (Fsp3) is 1.00. The zero-order chi connectivity index (χ0) is 7.82. The minimum atomic E-state index is -0.577. The van der Waals surface area contributed by atoms with Crippen molar-refractivity contribution in [3.63, 3.8) is 0 Å². The van der Waals surface area contributed by atoms with Gasteiger partial charge in [-0.1, -0.05) is 13.8 Å². The average molecular weight is 182 g/mol. The first-order valence-electron chi connectivity index (χ1n) is 3.61. The Labute approximate surface area is 69.5 Å². The molecule has 3 N–H and O–H groups in total. The van der Waals surface area contributed by atoms with Crippen LogP contribution in [0.3, 0.4) is 0 Å². The van der Waals surface area contributed by atoms with Gasteiger partial charge in [-0.25, -0.2) is 0 Å². The highest BCUT2D eigenvalue weighted by Crippen LogP contribution is 1.71. The summed E-state index contributed by atoms with van der Waals surface area (Å²) in [7, 11) is -0.577. The summed E-state index contributed by atoms with van der Waals surface area (Å²) in [5.74, 6) is 0. The number of nitrogens with one attached hydrogen (secondary N) is 3. The molecule has 5 heteroatoms. The molecule has 0 amide bonds. The van der Waals surface area contributed by atoms with Gasteiger partial charge in [0.2, 0.25) is 0 Å². The SMILES string of the molecule is CCNC(NCC)N[SiH2]Cl. The van der Waals surface area contributed by atoms with Gasteiger partial charge in [-0.15, -0.1) is 0 Å². The molecule has 0 aromatic heterocycles. The van der Waals surface area contributed by atoms with Crippen molar-refractivity contribution in [2.75, 3.05) is 13.1 Å². The van der Waals surface area contributed by atoms with E-state index in [0.29, 0.717) is 0 Å². The lowest BCUT2D eigenvalue weighted by Gasteiger charge is -2.18. The highest BCUT2D eigenvalue weighted by molar-refractivity contribution is 6.92. The fourth-order valence-electron chi connectivity index (χ4n) is 0.702. The molecular weight excluding hydrogens is 166 g/mol. The molecule has 10 heavy (non-hydrogen) atoms. The van der Waals surface area contributed by atoms with Crippen LogP contribution in [-0.4, -0.2) is 28.4 Å². The molecule has 0 unspecified atom stereocenters. The summed E-state index contributed by atoms with van der Waals surface area (Å²) < 4.78 is 0. The summed E-state index contributed by atoms with van der Waals surface area (Å²) in [6, 6.07) is 0. The largest absolute Gasteiger partial charge is 0.303 e. The fourth-order valence-corrected chi connectivity index (χ4v) is 1.61. The molecule has 0 aliphatic carbocycles. The summed E-state index contributed by atoms with van der Waals surface area (Å²) in [4.78, 5) is 3.17. The molecule has 62 valence electrons. The van der Waals surface area contributed by atoms with Crippen LogP contribution in [0.2, 0.25) is 0 Å². The van der Waals surface area contributed by atoms with Crippen LogP contribution in [0, 0.1) is 0 Å². The van der Waals surface area contributed by atoms with Crippen LogP contribution in [-0.2, 0) is 0 Å². The van der Waals surface area contributed by atoms with E-state index in [-0.39, 0.29) is 6.29 Å². The van der Waals surface area contributed by atoms with Crippen molar-refractivity contribution in [2.24, 2.45) is 0 Å². The average Bonchev–Trinajstić information content (AvgIpc) is 1.90. The van der Waals surface area contributed by atoms with Gasteiger partial charge in [-0.05, 0) is 13.1 Å². The molecule has 0 radical (unpaired) electrons. The van der Waals surface area contributed by atoms with E-state index in [1.807, 2.05) is 0 Å². The number of hydrogen-bond acceptors (Lipinski definition) is 3. The van der Waals surface area contributed by atoms with Crippen molar-refractivity contribution in [1.82, 2.24) is 15.6 Å². The van der Waals surface area contributed by atoms with Gasteiger partial charge in [-0.3, -0.25) is 10.6 Å². The Kier molecular flexibility index (Phi) is 7.78. The van der Waals surface area contributed by atoms with Gasteiger partial charge in [0, 0.05) is 0 Å². The zero-order valence-corrected chi connectivity index (χ0v) is 8.75. The van der Waals surface area contributed by atoms with Crippen molar-refractivity contribution in [1.29, 1.82) is 0 Å². The van der Waals surface area contributed by atoms with Gasteiger partial charge < -0.3 is 4.98 Å². The summed E-state index contributed by atoms with van der Waals surface area (Å²) >= 11 is 5.62. The lowest BCUT2D eigenvalue weighted by atomic mass is 10.6. The first-order chi connectivity index (χ1) is 4.85. The Hall–Kier alpha value is 0.387. The van der Waals surface area contributed by atoms with Crippen LogP contribution in [0.4, 0.5) is 0 Å². The predicted molar refractivity (Wildman–Crippen MR) is 48.7 cm³/mol. The molecule has 0 heterocycles. The van der Waals surface area contributed by atoms with Crippen molar-refractivity contribution in [2.45, 2.75) is 20.1 Å². The second-order valence-corrected chi connectivity index (χ2v) is 3.36. The maximum absolute atomic E-state index is 5.62. The third-order valence-electron chi connectivity index (χ3n) is 1.10. The van der Waals surface area contributed by atoms with E-state index in [1.54, 1.807) is 0 Å². The minimum absolute atomic E-state index is 0.208. The van der Waals surface area contributed by atoms with Gasteiger partial charge in [0.25, 0.3) is 0 Å². The smallest absolute Gasteiger partial charge is 0.197 e. The van der Waals surface area contributed by atoms with Crippen LogP contribution in [0.1, 0.15) is 13.8 Å². The van der Waals surface area contributed by atoms with Crippen LogP contribution < -0.4 is 15.6 Å². The third-order valence-corrected chi connectivity index (χ3v) is 2.12. The summed E-state index contributed by atoms with van der Waals surface area (Å²) in [5, 5.41) is 6.43. The summed E-state index contributed by atoms with van der Waals surface area (Å²) in [5.41, 5.74) is 0. The number of rotatable bonds is 6. The molecule has 0 aromatic rings. The van der Waals surface area contributed by atoms with Gasteiger partial charge in [-0.2, -0.15) is 11.1 Å². The van der Waals surface area contributed by atoms with Crippen molar-refractivity contribution >= 4 is 20.1 Å². The van der Waals surface area contributed by atoms with Gasteiger partial charge in [0.1, 0.15) is 6.29 Å². The quantitative estimate of drug-likeness (QED) is 0.289. The van der Waals surface area contributed by atoms with E-state index >= 15 is 0 Å². The summed E-state index contributed by atoms with van der Waals surface area (Å²) in [6.07, 6.45) is 0.208. The normalized spacial score (nSPS) is 12.0. The topological polar surface area (TPSA) is 36.1 Å². The molecule has 0 aromatic carbocycles. The van der Waals surface area contributed by atoms with E-state index in [2.05, 4.69) is 29.5 Å². The van der Waals surface area contributed by atoms with E-state index in [1.165, 1.54) is 0 Å². The minimum Gasteiger partial charge on any atom is -0.303 e. The maximum atomic E-state index is 5.62. The highest BCUT2D eigenvalue weighted by atomic mass is 35.6. The lowest BCUT2D eigenvalue weighted by Crippen LogP contribution is -2.53. The molecule has 0 atom stereocenters. The molecule has 0 bridgehead atoms. The standard InChI is InChI=1S/C5H16ClN3Si/c1-3-7-5(8-4-2)9-10-6/h5,7-9H,3-4,10H2,1-2H3. The Bertz CT molecular complexity index is 59.6. The van der Waals surface area contributed by atoms with Crippen molar-refractivity contribution < 1.29 is 0 Å². The Morgan fingerprint density at radius 2 is 1.80 bits per heavy atom. The van der Waals surface area contributed by atoms with Crippen molar-refractivity contribution in [3.05, 3.63) is 0 Å². The van der Waals surface area contributed by atoms with Gasteiger partial charge in [0.15, 0.2) is 8.99 Å². The molecule has 0 rings (SSSR count). The highest BCUT2D eigenvalue weighted by Gasteiger charge is 2.00. The predicted octanol–water partition coefficient (Wildman–Crippen LogP) is -0.684. The molecule has 0 saturated carbocycles. The van der Waals surface area contributed by atoms with Crippen LogP contribution in [0.5, 0.6) is 0 Å². The third kappa shape index (κ3) is 5.19. The van der Waals surface area contributed by atoms with Crippen LogP contribution >= 0.6 is 11.1 Å². The molecular formula is C5H16ClN3Si. The number of halogens is 1. The summed E-state index contributed by atoms with van der Waals surface area (Å²) in [6.45, 7) is 6.05. The van der Waals surface area contributed by atoms with Crippen LogP contribution in [0.25, 0.3) is 0 Å². The first kappa shape index (κ1) is 10.4. The van der Waals surface area contributed by atoms with E-state index in [0.717, 1.165) is 13.1 Å². The second-order valence-electron chi connectivity index (χ2n) is 1.89. The van der Waals surface area contributed by atoms with E-state index in [9.17, 15) is 0 Å². The Morgan fingerprint density at radius 1 is 1.30 bits per heavy atom. The lowest BCUT2D eigenvalue weighted by molar-refractivity contribution is 0.428. The maximum Gasteiger partial charge on any atom is 0.197 e. The van der Waals surface area contributed by atoms with Gasteiger partial charge in [0.05, 0.1) is 0 Å². The Morgan fingerprint density at radius 3 is 2.10 bits per heavy atom.